The molecule has 3 fully saturated rings. The number of piperidine rings is 1. The van der Waals surface area contributed by atoms with Crippen LogP contribution in [0.15, 0.2) is 48.5 Å². The van der Waals surface area contributed by atoms with Gasteiger partial charge in [0.25, 0.3) is 0 Å². The normalized spacial score (nSPS) is 23.8. The smallest absolute Gasteiger partial charge is 0.222 e. The fourth-order valence-corrected chi connectivity index (χ4v) is 6.22. The fraction of sp³-hybridized carbons (Fsp3) is 0.552. The van der Waals surface area contributed by atoms with Crippen LogP contribution in [-0.4, -0.2) is 92.2 Å². The van der Waals surface area contributed by atoms with Gasteiger partial charge in [-0.05, 0) is 67.3 Å². The number of carbonyl (C=O) groups is 1. The Morgan fingerprint density at radius 1 is 0.919 bits per heavy atom. The highest BCUT2D eigenvalue weighted by atomic mass is 35.5. The van der Waals surface area contributed by atoms with Gasteiger partial charge in [0, 0.05) is 75.5 Å². The lowest BCUT2D eigenvalue weighted by molar-refractivity contribution is -0.132. The molecule has 2 aromatic carbocycles. The van der Waals surface area contributed by atoms with Crippen molar-refractivity contribution in [1.29, 1.82) is 0 Å². The molecule has 2 aromatic rings. The quantitative estimate of drug-likeness (QED) is 0.540. The second kappa shape index (κ2) is 12.6. The van der Waals surface area contributed by atoms with Crippen molar-refractivity contribution >= 4 is 23.2 Å². The van der Waals surface area contributed by atoms with Gasteiger partial charge in [-0.15, -0.1) is 0 Å². The number of morpholine rings is 1. The molecule has 0 N–H and O–H groups in total. The number of hydrogen-bond donors (Lipinski definition) is 0. The second-order valence-corrected chi connectivity index (χ2v) is 10.9. The van der Waals surface area contributed by atoms with Gasteiger partial charge in [0.05, 0.1) is 13.2 Å². The molecular weight excluding hydrogens is 491 g/mol. The van der Waals surface area contributed by atoms with Gasteiger partial charge in [0.2, 0.25) is 5.91 Å². The van der Waals surface area contributed by atoms with E-state index in [1.54, 1.807) is 0 Å². The first-order valence-electron chi connectivity index (χ1n) is 13.6. The van der Waals surface area contributed by atoms with E-state index in [4.69, 9.17) is 16.3 Å². The van der Waals surface area contributed by atoms with Crippen LogP contribution < -0.4 is 4.90 Å². The topological polar surface area (TPSA) is 39.3 Å². The number of halogens is 2. The molecular formula is C29H38ClFN4O2. The molecule has 1 amide bonds. The van der Waals surface area contributed by atoms with Crippen molar-refractivity contribution < 1.29 is 13.9 Å². The van der Waals surface area contributed by atoms with E-state index < -0.39 is 0 Å². The average Bonchev–Trinajstić information content (AvgIpc) is 2.94. The Kier molecular flexibility index (Phi) is 8.98. The molecule has 6 nitrogen and oxygen atoms in total. The van der Waals surface area contributed by atoms with Crippen LogP contribution in [0.3, 0.4) is 0 Å². The number of piperazine rings is 1. The van der Waals surface area contributed by atoms with Gasteiger partial charge in [-0.3, -0.25) is 14.6 Å². The first-order valence-corrected chi connectivity index (χ1v) is 14.0. The molecule has 200 valence electrons. The van der Waals surface area contributed by atoms with Crippen molar-refractivity contribution in [3.05, 3.63) is 64.9 Å². The van der Waals surface area contributed by atoms with Crippen LogP contribution in [0.4, 0.5) is 10.1 Å². The minimum Gasteiger partial charge on any atom is -0.379 e. The van der Waals surface area contributed by atoms with E-state index in [2.05, 4.69) is 26.8 Å². The Morgan fingerprint density at radius 3 is 2.32 bits per heavy atom. The average molecular weight is 529 g/mol. The molecule has 0 unspecified atom stereocenters. The van der Waals surface area contributed by atoms with Crippen molar-refractivity contribution in [3.63, 3.8) is 0 Å². The van der Waals surface area contributed by atoms with E-state index in [0.717, 1.165) is 95.7 Å². The predicted octanol–water partition coefficient (Wildman–Crippen LogP) is 4.13. The minimum atomic E-state index is -0.220. The standard InChI is InChI=1S/C29H38ClFN4O2/c30-25-4-1-23(2-5-25)21-32-12-11-28(34-17-19-37-20-18-34)24(22-32)3-10-29(36)35-15-13-33(14-16-35)27-8-6-26(31)7-9-27/h1-2,4-9,24,28H,3,10-22H2/t24-,28+/m1/s1. The number of anilines is 1. The molecule has 0 spiro atoms. The maximum absolute atomic E-state index is 13.3. The summed E-state index contributed by atoms with van der Waals surface area (Å²) in [6.45, 7) is 9.57. The molecule has 3 heterocycles. The number of likely N-dealkylation sites (tertiary alicyclic amines) is 1. The predicted molar refractivity (Wildman–Crippen MR) is 145 cm³/mol. The molecule has 5 rings (SSSR count). The lowest BCUT2D eigenvalue weighted by Gasteiger charge is -2.45. The third-order valence-corrected chi connectivity index (χ3v) is 8.42. The molecule has 0 aromatic heterocycles. The lowest BCUT2D eigenvalue weighted by Crippen LogP contribution is -2.54. The summed E-state index contributed by atoms with van der Waals surface area (Å²) in [7, 11) is 0. The summed E-state index contributed by atoms with van der Waals surface area (Å²) in [4.78, 5) is 22.6. The highest BCUT2D eigenvalue weighted by Gasteiger charge is 2.34. The van der Waals surface area contributed by atoms with Crippen LogP contribution >= 0.6 is 11.6 Å². The maximum Gasteiger partial charge on any atom is 0.222 e. The minimum absolute atomic E-state index is 0.220. The Morgan fingerprint density at radius 2 is 1.62 bits per heavy atom. The Hall–Kier alpha value is -2.19. The number of hydrogen-bond acceptors (Lipinski definition) is 5. The zero-order chi connectivity index (χ0) is 25.6. The number of carbonyl (C=O) groups excluding carboxylic acids is 1. The largest absolute Gasteiger partial charge is 0.379 e. The van der Waals surface area contributed by atoms with Crippen molar-refractivity contribution in [1.82, 2.24) is 14.7 Å². The first-order chi connectivity index (χ1) is 18.0. The van der Waals surface area contributed by atoms with Gasteiger partial charge in [-0.1, -0.05) is 23.7 Å². The SMILES string of the molecule is O=C(CC[C@@H]1CN(Cc2ccc(Cl)cc2)CC[C@@H]1N1CCOCC1)N1CCN(c2ccc(F)cc2)CC1. The van der Waals surface area contributed by atoms with Crippen LogP contribution in [0.25, 0.3) is 0 Å². The molecule has 8 heteroatoms. The molecule has 0 aliphatic carbocycles. The molecule has 37 heavy (non-hydrogen) atoms. The highest BCUT2D eigenvalue weighted by Crippen LogP contribution is 2.29. The van der Waals surface area contributed by atoms with E-state index in [0.29, 0.717) is 18.4 Å². The molecule has 0 bridgehead atoms. The summed E-state index contributed by atoms with van der Waals surface area (Å²) in [5.74, 6) is 0.500. The monoisotopic (exact) mass is 528 g/mol. The second-order valence-electron chi connectivity index (χ2n) is 10.5. The van der Waals surface area contributed by atoms with Gasteiger partial charge in [-0.2, -0.15) is 0 Å². The number of ether oxygens (including phenoxy) is 1. The Bertz CT molecular complexity index is 1010. The molecule has 3 aliphatic rings. The van der Waals surface area contributed by atoms with Crippen LogP contribution in [-0.2, 0) is 16.1 Å². The summed E-state index contributed by atoms with van der Waals surface area (Å²) in [6, 6.07) is 15.3. The summed E-state index contributed by atoms with van der Waals surface area (Å²) in [6.07, 6.45) is 2.63. The Labute approximate surface area is 224 Å². The van der Waals surface area contributed by atoms with Gasteiger partial charge in [0.15, 0.2) is 0 Å². The number of nitrogens with zero attached hydrogens (tertiary/aromatic N) is 4. The summed E-state index contributed by atoms with van der Waals surface area (Å²) in [5.41, 5.74) is 2.30. The van der Waals surface area contributed by atoms with Crippen LogP contribution in [0.2, 0.25) is 5.02 Å². The molecule has 2 atom stereocenters. The summed E-state index contributed by atoms with van der Waals surface area (Å²) in [5, 5.41) is 0.768. The maximum atomic E-state index is 13.3. The Balaban J connectivity index is 1.16. The van der Waals surface area contributed by atoms with E-state index >= 15 is 0 Å². The van der Waals surface area contributed by atoms with E-state index in [1.165, 1.54) is 17.7 Å². The molecule has 0 saturated carbocycles. The summed E-state index contributed by atoms with van der Waals surface area (Å²) < 4.78 is 18.9. The van der Waals surface area contributed by atoms with E-state index in [1.807, 2.05) is 29.2 Å². The molecule has 3 aliphatic heterocycles. The zero-order valence-electron chi connectivity index (χ0n) is 21.5. The zero-order valence-corrected chi connectivity index (χ0v) is 22.3. The number of amides is 1. The summed E-state index contributed by atoms with van der Waals surface area (Å²) >= 11 is 6.08. The number of benzene rings is 2. The van der Waals surface area contributed by atoms with Crippen molar-refractivity contribution in [3.8, 4) is 0 Å². The van der Waals surface area contributed by atoms with Crippen LogP contribution in [0.1, 0.15) is 24.8 Å². The molecule has 0 radical (unpaired) electrons. The van der Waals surface area contributed by atoms with Crippen molar-refractivity contribution in [2.24, 2.45) is 5.92 Å². The van der Waals surface area contributed by atoms with Crippen molar-refractivity contribution in [2.45, 2.75) is 31.8 Å². The van der Waals surface area contributed by atoms with Crippen LogP contribution in [0, 0.1) is 11.7 Å². The fourth-order valence-electron chi connectivity index (χ4n) is 6.09. The van der Waals surface area contributed by atoms with Gasteiger partial charge in [0.1, 0.15) is 5.82 Å². The van der Waals surface area contributed by atoms with E-state index in [9.17, 15) is 9.18 Å². The highest BCUT2D eigenvalue weighted by molar-refractivity contribution is 6.30. The third-order valence-electron chi connectivity index (χ3n) is 8.17. The number of rotatable bonds is 7. The van der Waals surface area contributed by atoms with Crippen LogP contribution in [0.5, 0.6) is 0 Å². The van der Waals surface area contributed by atoms with Gasteiger partial charge >= 0.3 is 0 Å². The molecule has 3 saturated heterocycles. The third kappa shape index (κ3) is 7.02. The lowest BCUT2D eigenvalue weighted by atomic mass is 9.86. The van der Waals surface area contributed by atoms with E-state index in [-0.39, 0.29) is 11.7 Å². The first kappa shape index (κ1) is 26.4. The van der Waals surface area contributed by atoms with Gasteiger partial charge in [-0.25, -0.2) is 4.39 Å². The van der Waals surface area contributed by atoms with Crippen molar-refractivity contribution in [2.75, 3.05) is 70.5 Å². The van der Waals surface area contributed by atoms with Gasteiger partial charge < -0.3 is 14.5 Å².